The summed E-state index contributed by atoms with van der Waals surface area (Å²) in [5, 5.41) is 1.13. The number of rotatable bonds is 0. The van der Waals surface area contributed by atoms with Gasteiger partial charge in [0.2, 0.25) is 0 Å². The van der Waals surface area contributed by atoms with Crippen molar-refractivity contribution in [2.24, 2.45) is 0 Å². The molecule has 0 spiro atoms. The van der Waals surface area contributed by atoms with Crippen LogP contribution in [-0.2, 0) is 12.8 Å². The second-order valence-electron chi connectivity index (χ2n) is 3.47. The van der Waals surface area contributed by atoms with Gasteiger partial charge in [-0.3, -0.25) is 0 Å². The molecule has 0 amide bonds. The molecule has 0 atom stereocenters. The molecule has 0 saturated carbocycles. The first-order chi connectivity index (χ1) is 6.20. The molecule has 1 aromatic heterocycles. The molecular formula is C10H11Cl2N. The third kappa shape index (κ3) is 1.55. The SMILES string of the molecule is Cc1nc(Cl)c(Cl)c2c1CCCC2. The Bertz CT molecular complexity index is 347. The standard InChI is InChI=1S/C10H11Cl2N/c1-6-7-4-2-3-5-8(7)9(11)10(12)13-6/h2-5H2,1H3. The van der Waals surface area contributed by atoms with E-state index in [9.17, 15) is 0 Å². The second kappa shape index (κ2) is 3.47. The molecule has 0 aliphatic heterocycles. The minimum absolute atomic E-state index is 0.458. The van der Waals surface area contributed by atoms with Gasteiger partial charge < -0.3 is 0 Å². The molecule has 1 aliphatic carbocycles. The van der Waals surface area contributed by atoms with Gasteiger partial charge in [-0.2, -0.15) is 0 Å². The van der Waals surface area contributed by atoms with Gasteiger partial charge in [0.1, 0.15) is 5.15 Å². The zero-order valence-electron chi connectivity index (χ0n) is 7.53. The van der Waals surface area contributed by atoms with E-state index in [1.807, 2.05) is 6.92 Å². The third-order valence-electron chi connectivity index (χ3n) is 2.62. The van der Waals surface area contributed by atoms with E-state index in [4.69, 9.17) is 23.2 Å². The summed E-state index contributed by atoms with van der Waals surface area (Å²) >= 11 is 12.0. The number of fused-ring (bicyclic) bond motifs is 1. The van der Waals surface area contributed by atoms with E-state index in [1.54, 1.807) is 0 Å². The smallest absolute Gasteiger partial charge is 0.148 e. The fraction of sp³-hybridized carbons (Fsp3) is 0.500. The highest BCUT2D eigenvalue weighted by atomic mass is 35.5. The van der Waals surface area contributed by atoms with Crippen LogP contribution in [0.4, 0.5) is 0 Å². The molecular weight excluding hydrogens is 205 g/mol. The average Bonchev–Trinajstić information content (AvgIpc) is 2.15. The number of pyridine rings is 1. The van der Waals surface area contributed by atoms with Gasteiger partial charge in [0.25, 0.3) is 0 Å². The molecule has 13 heavy (non-hydrogen) atoms. The van der Waals surface area contributed by atoms with Crippen molar-refractivity contribution >= 4 is 23.2 Å². The molecule has 0 saturated heterocycles. The van der Waals surface area contributed by atoms with E-state index in [0.717, 1.165) is 18.5 Å². The minimum Gasteiger partial charge on any atom is -0.240 e. The number of nitrogens with zero attached hydrogens (tertiary/aromatic N) is 1. The van der Waals surface area contributed by atoms with Crippen molar-refractivity contribution in [2.75, 3.05) is 0 Å². The van der Waals surface area contributed by atoms with Crippen molar-refractivity contribution in [3.05, 3.63) is 27.0 Å². The van der Waals surface area contributed by atoms with Crippen molar-refractivity contribution in [3.8, 4) is 0 Å². The Morgan fingerprint density at radius 1 is 1.08 bits per heavy atom. The first-order valence-electron chi connectivity index (χ1n) is 4.53. The maximum absolute atomic E-state index is 6.09. The van der Waals surface area contributed by atoms with Gasteiger partial charge in [0.05, 0.1) is 5.02 Å². The lowest BCUT2D eigenvalue weighted by Crippen LogP contribution is -2.07. The summed E-state index contributed by atoms with van der Waals surface area (Å²) in [5.41, 5.74) is 3.59. The average molecular weight is 216 g/mol. The summed E-state index contributed by atoms with van der Waals surface area (Å²) in [6.07, 6.45) is 4.61. The molecule has 0 aromatic carbocycles. The molecule has 0 radical (unpaired) electrons. The summed E-state index contributed by atoms with van der Waals surface area (Å²) in [7, 11) is 0. The van der Waals surface area contributed by atoms with E-state index >= 15 is 0 Å². The molecule has 0 N–H and O–H groups in total. The van der Waals surface area contributed by atoms with Gasteiger partial charge in [-0.15, -0.1) is 0 Å². The largest absolute Gasteiger partial charge is 0.240 e. The first kappa shape index (κ1) is 9.29. The molecule has 0 unspecified atom stereocenters. The Morgan fingerprint density at radius 3 is 2.38 bits per heavy atom. The fourth-order valence-corrected chi connectivity index (χ4v) is 2.43. The summed E-state index contributed by atoms with van der Waals surface area (Å²) < 4.78 is 0. The molecule has 1 nitrogen and oxygen atoms in total. The quantitative estimate of drug-likeness (QED) is 0.604. The Balaban J connectivity index is 2.63. The van der Waals surface area contributed by atoms with Crippen LogP contribution in [0.2, 0.25) is 10.2 Å². The molecule has 1 heterocycles. The number of aryl methyl sites for hydroxylation is 1. The maximum atomic E-state index is 6.09. The monoisotopic (exact) mass is 215 g/mol. The van der Waals surface area contributed by atoms with Crippen LogP contribution in [-0.4, -0.2) is 4.98 Å². The molecule has 2 rings (SSSR count). The van der Waals surface area contributed by atoms with Crippen molar-refractivity contribution < 1.29 is 0 Å². The number of halogens is 2. The normalized spacial score (nSPS) is 15.6. The summed E-state index contributed by atoms with van der Waals surface area (Å²) in [6.45, 7) is 2.01. The van der Waals surface area contributed by atoms with Gasteiger partial charge in [0.15, 0.2) is 0 Å². The van der Waals surface area contributed by atoms with E-state index in [2.05, 4.69) is 4.98 Å². The van der Waals surface area contributed by atoms with Gasteiger partial charge in [-0.25, -0.2) is 4.98 Å². The van der Waals surface area contributed by atoms with Crippen molar-refractivity contribution in [2.45, 2.75) is 32.6 Å². The zero-order valence-corrected chi connectivity index (χ0v) is 9.04. The minimum atomic E-state index is 0.458. The lowest BCUT2D eigenvalue weighted by atomic mass is 9.91. The zero-order chi connectivity index (χ0) is 9.42. The third-order valence-corrected chi connectivity index (χ3v) is 3.39. The molecule has 70 valence electrons. The van der Waals surface area contributed by atoms with Crippen LogP contribution in [0.3, 0.4) is 0 Å². The molecule has 3 heteroatoms. The van der Waals surface area contributed by atoms with Crippen LogP contribution in [0.5, 0.6) is 0 Å². The van der Waals surface area contributed by atoms with Crippen LogP contribution in [0.15, 0.2) is 0 Å². The fourth-order valence-electron chi connectivity index (χ4n) is 1.94. The van der Waals surface area contributed by atoms with Gasteiger partial charge >= 0.3 is 0 Å². The summed E-state index contributed by atoms with van der Waals surface area (Å²) in [5.74, 6) is 0. The van der Waals surface area contributed by atoms with E-state index in [-0.39, 0.29) is 0 Å². The summed E-state index contributed by atoms with van der Waals surface area (Å²) in [4.78, 5) is 4.22. The Kier molecular flexibility index (Phi) is 2.48. The van der Waals surface area contributed by atoms with E-state index in [0.29, 0.717) is 10.2 Å². The van der Waals surface area contributed by atoms with Crippen molar-refractivity contribution in [1.29, 1.82) is 0 Å². The van der Waals surface area contributed by atoms with Gasteiger partial charge in [-0.05, 0) is 43.7 Å². The molecule has 1 aliphatic rings. The first-order valence-corrected chi connectivity index (χ1v) is 5.29. The summed E-state index contributed by atoms with van der Waals surface area (Å²) in [6, 6.07) is 0. The van der Waals surface area contributed by atoms with Crippen molar-refractivity contribution in [3.63, 3.8) is 0 Å². The molecule has 1 aromatic rings. The predicted molar refractivity (Wildman–Crippen MR) is 55.6 cm³/mol. The highest BCUT2D eigenvalue weighted by Crippen LogP contribution is 2.33. The lowest BCUT2D eigenvalue weighted by Gasteiger charge is -2.19. The Morgan fingerprint density at radius 2 is 1.69 bits per heavy atom. The van der Waals surface area contributed by atoms with E-state index < -0.39 is 0 Å². The van der Waals surface area contributed by atoms with Crippen LogP contribution >= 0.6 is 23.2 Å². The topological polar surface area (TPSA) is 12.9 Å². The van der Waals surface area contributed by atoms with Crippen LogP contribution in [0.1, 0.15) is 29.7 Å². The number of hydrogen-bond acceptors (Lipinski definition) is 1. The number of aromatic nitrogens is 1. The highest BCUT2D eigenvalue weighted by Gasteiger charge is 2.17. The lowest BCUT2D eigenvalue weighted by molar-refractivity contribution is 0.677. The van der Waals surface area contributed by atoms with E-state index in [1.165, 1.54) is 24.0 Å². The predicted octanol–water partition coefficient (Wildman–Crippen LogP) is 3.58. The second-order valence-corrected chi connectivity index (χ2v) is 4.20. The van der Waals surface area contributed by atoms with Gasteiger partial charge in [0, 0.05) is 5.69 Å². The van der Waals surface area contributed by atoms with Crippen LogP contribution < -0.4 is 0 Å². The van der Waals surface area contributed by atoms with Gasteiger partial charge in [-0.1, -0.05) is 23.2 Å². The van der Waals surface area contributed by atoms with Crippen LogP contribution in [0.25, 0.3) is 0 Å². The maximum Gasteiger partial charge on any atom is 0.148 e. The van der Waals surface area contributed by atoms with Crippen LogP contribution in [0, 0.1) is 6.92 Å². The molecule has 0 fully saturated rings. The Labute approximate surface area is 88.1 Å². The number of hydrogen-bond donors (Lipinski definition) is 0. The Hall–Kier alpha value is -0.270. The van der Waals surface area contributed by atoms with Crippen molar-refractivity contribution in [1.82, 2.24) is 4.98 Å². The molecule has 0 bridgehead atoms. The highest BCUT2D eigenvalue weighted by molar-refractivity contribution is 6.41.